The highest BCUT2D eigenvalue weighted by Gasteiger charge is 2.58. The molecule has 4 fully saturated rings. The van der Waals surface area contributed by atoms with Crippen molar-refractivity contribution in [3.63, 3.8) is 0 Å². The maximum atomic E-state index is 14.4. The quantitative estimate of drug-likeness (QED) is 0.214. The monoisotopic (exact) mass is 777 g/mol. The topological polar surface area (TPSA) is 178 Å². The Morgan fingerprint density at radius 3 is 2.20 bits per heavy atom. The van der Waals surface area contributed by atoms with E-state index in [4.69, 9.17) is 23.7 Å². The van der Waals surface area contributed by atoms with E-state index in [9.17, 15) is 34.5 Å². The average Bonchev–Trinajstić information content (AvgIpc) is 3.16. The smallest absolute Gasteiger partial charge is 0.329 e. The van der Waals surface area contributed by atoms with Crippen LogP contribution in [-0.2, 0) is 42.9 Å². The van der Waals surface area contributed by atoms with Crippen molar-refractivity contribution in [2.24, 2.45) is 41.4 Å². The molecule has 13 heteroatoms. The second kappa shape index (κ2) is 18.6. The Kier molecular flexibility index (Phi) is 14.8. The summed E-state index contributed by atoms with van der Waals surface area (Å²) < 4.78 is 30.2. The van der Waals surface area contributed by atoms with E-state index < -0.39 is 95.9 Å². The van der Waals surface area contributed by atoms with Gasteiger partial charge >= 0.3 is 5.97 Å². The third kappa shape index (κ3) is 9.08. The number of nitrogens with zero attached hydrogens (tertiary/aromatic N) is 1. The first-order valence-electron chi connectivity index (χ1n) is 20.7. The fraction of sp³-hybridized carbons (Fsp3) is 0.857. The van der Waals surface area contributed by atoms with Crippen molar-refractivity contribution in [3.05, 3.63) is 11.6 Å². The van der Waals surface area contributed by atoms with E-state index in [1.54, 1.807) is 6.92 Å². The number of piperidine rings is 1. The Balaban J connectivity index is 1.57. The van der Waals surface area contributed by atoms with E-state index in [0.717, 1.165) is 5.57 Å². The van der Waals surface area contributed by atoms with Crippen molar-refractivity contribution in [1.29, 1.82) is 0 Å². The van der Waals surface area contributed by atoms with Gasteiger partial charge in [-0.05, 0) is 94.8 Å². The molecule has 13 nitrogen and oxygen atoms in total. The molecule has 2 unspecified atom stereocenters. The van der Waals surface area contributed by atoms with Gasteiger partial charge in [0.05, 0.1) is 30.5 Å². The summed E-state index contributed by atoms with van der Waals surface area (Å²) >= 11 is 0. The normalized spacial score (nSPS) is 45.3. The first-order valence-corrected chi connectivity index (χ1v) is 20.7. The predicted octanol–water partition coefficient (Wildman–Crippen LogP) is 3.77. The van der Waals surface area contributed by atoms with Gasteiger partial charge in [-0.25, -0.2) is 4.79 Å². The van der Waals surface area contributed by atoms with Crippen molar-refractivity contribution in [2.75, 3.05) is 27.9 Å². The van der Waals surface area contributed by atoms with E-state index in [1.807, 2.05) is 26.8 Å². The fourth-order valence-electron chi connectivity index (χ4n) is 10.8. The molecule has 0 radical (unpaired) electrons. The molecule has 0 spiro atoms. The summed E-state index contributed by atoms with van der Waals surface area (Å²) in [6.07, 6.45) is 1.45. The van der Waals surface area contributed by atoms with Crippen LogP contribution in [0.3, 0.4) is 0 Å². The van der Waals surface area contributed by atoms with Crippen LogP contribution in [-0.4, -0.2) is 126 Å². The van der Waals surface area contributed by atoms with Crippen LogP contribution in [0.2, 0.25) is 0 Å². The number of aliphatic hydroxyl groups is 3. The van der Waals surface area contributed by atoms with Gasteiger partial charge in [-0.1, -0.05) is 39.3 Å². The molecule has 1 amide bonds. The molecule has 2 aliphatic carbocycles. The number of ether oxygens (including phenoxy) is 5. The number of allylic oxidation sites excluding steroid dienone is 2. The number of fused-ring (bicyclic) bond motifs is 6. The zero-order chi connectivity index (χ0) is 40.4. The summed E-state index contributed by atoms with van der Waals surface area (Å²) in [6, 6.07) is -1.12. The van der Waals surface area contributed by atoms with Gasteiger partial charge in [-0.15, -0.1) is 0 Å². The number of hydrogen-bond donors (Lipinski definition) is 3. The van der Waals surface area contributed by atoms with E-state index in [0.29, 0.717) is 51.4 Å². The summed E-state index contributed by atoms with van der Waals surface area (Å²) in [5.74, 6) is -8.04. The number of hydrogen-bond acceptors (Lipinski definition) is 12. The molecule has 5 rings (SSSR count). The summed E-state index contributed by atoms with van der Waals surface area (Å²) in [7, 11) is 4.60. The second-order valence-corrected chi connectivity index (χ2v) is 17.5. The Morgan fingerprint density at radius 1 is 0.855 bits per heavy atom. The van der Waals surface area contributed by atoms with Crippen molar-refractivity contribution < 1.29 is 58.2 Å². The van der Waals surface area contributed by atoms with Crippen molar-refractivity contribution in [1.82, 2.24) is 4.90 Å². The van der Waals surface area contributed by atoms with Gasteiger partial charge in [-0.2, -0.15) is 0 Å². The molecule has 0 aromatic heterocycles. The van der Waals surface area contributed by atoms with E-state index in [2.05, 4.69) is 6.92 Å². The number of methoxy groups -OCH3 is 3. The minimum atomic E-state index is -2.49. The number of ketones is 2. The Hall–Kier alpha value is -2.26. The zero-order valence-electron chi connectivity index (χ0n) is 34.2. The van der Waals surface area contributed by atoms with Gasteiger partial charge in [0.15, 0.2) is 0 Å². The number of Topliss-reactive ketones (excluding diaryl/α,β-unsaturated/α-hetero) is 2. The van der Waals surface area contributed by atoms with Crippen molar-refractivity contribution >= 4 is 23.4 Å². The first kappa shape index (κ1) is 43.9. The molecule has 2 saturated carbocycles. The van der Waals surface area contributed by atoms with Crippen LogP contribution in [0.15, 0.2) is 11.6 Å². The predicted molar refractivity (Wildman–Crippen MR) is 201 cm³/mol. The second-order valence-electron chi connectivity index (χ2n) is 17.5. The van der Waals surface area contributed by atoms with Crippen LogP contribution in [0.5, 0.6) is 0 Å². The van der Waals surface area contributed by atoms with E-state index >= 15 is 0 Å². The Bertz CT molecular complexity index is 1400. The molecule has 16 atom stereocenters. The lowest BCUT2D eigenvalue weighted by atomic mass is 9.58. The summed E-state index contributed by atoms with van der Waals surface area (Å²) in [4.78, 5) is 58.0. The lowest BCUT2D eigenvalue weighted by Gasteiger charge is -2.53. The molecule has 2 bridgehead atoms. The van der Waals surface area contributed by atoms with Gasteiger partial charge in [-0.3, -0.25) is 14.4 Å². The Morgan fingerprint density at radius 2 is 1.55 bits per heavy atom. The molecule has 0 aromatic rings. The molecule has 312 valence electrons. The molecule has 3 N–H and O–H groups in total. The minimum Gasteiger partial charge on any atom is -0.460 e. The number of rotatable bonds is 4. The van der Waals surface area contributed by atoms with E-state index in [1.165, 1.54) is 26.2 Å². The van der Waals surface area contributed by atoms with Crippen LogP contribution in [0.1, 0.15) is 105 Å². The highest BCUT2D eigenvalue weighted by molar-refractivity contribution is 6.39. The number of carbonyl (C=O) groups is 4. The first-order chi connectivity index (χ1) is 26.1. The number of carbonyl (C=O) groups excluding carboxylic acids is 4. The summed E-state index contributed by atoms with van der Waals surface area (Å²) in [5, 5.41) is 35.2. The molecule has 5 aliphatic rings. The third-order valence-electron chi connectivity index (χ3n) is 13.7. The molecule has 0 aromatic carbocycles. The number of amides is 1. The highest BCUT2D eigenvalue weighted by Crippen LogP contribution is 2.50. The van der Waals surface area contributed by atoms with Gasteiger partial charge in [0.1, 0.15) is 24.0 Å². The van der Waals surface area contributed by atoms with Gasteiger partial charge in [0, 0.05) is 52.0 Å². The number of esters is 1. The third-order valence-corrected chi connectivity index (χ3v) is 13.7. The minimum absolute atomic E-state index is 0.0294. The van der Waals surface area contributed by atoms with Crippen LogP contribution in [0.4, 0.5) is 0 Å². The van der Waals surface area contributed by atoms with Gasteiger partial charge in [0.2, 0.25) is 5.79 Å². The summed E-state index contributed by atoms with van der Waals surface area (Å²) in [5.41, 5.74) is 0.992. The van der Waals surface area contributed by atoms with Gasteiger partial charge in [0.25, 0.3) is 11.7 Å². The SMILES string of the molecule is CC[C@@H]1/C=C(\C)C[C@H](C)C[C@H](OC)[C@H]2O[C@@](O)(C(=O)C(=O)N3CCCC[C@H]3C(=O)O[C@@H]3C(C)C[C@@H]4CC[C@@H](O)[C@H](OC)C4[C@@H]3[C@@H](O)CC1=O)[C@H](C)C[C@@H]2OC. The zero-order valence-corrected chi connectivity index (χ0v) is 34.2. The van der Waals surface area contributed by atoms with Crippen LogP contribution < -0.4 is 0 Å². The lowest BCUT2D eigenvalue weighted by molar-refractivity contribution is -0.302. The van der Waals surface area contributed by atoms with Crippen molar-refractivity contribution in [2.45, 2.75) is 160 Å². The van der Waals surface area contributed by atoms with Crippen molar-refractivity contribution in [3.8, 4) is 0 Å². The maximum Gasteiger partial charge on any atom is 0.329 e. The molecule has 2 saturated heterocycles. The highest BCUT2D eigenvalue weighted by atomic mass is 16.7. The maximum absolute atomic E-state index is 14.4. The Labute approximate surface area is 326 Å². The van der Waals surface area contributed by atoms with E-state index in [-0.39, 0.29) is 49.3 Å². The molecular weight excluding hydrogens is 710 g/mol. The van der Waals surface area contributed by atoms with Crippen LogP contribution in [0.25, 0.3) is 0 Å². The van der Waals surface area contributed by atoms with Crippen LogP contribution >= 0.6 is 0 Å². The van der Waals surface area contributed by atoms with Gasteiger partial charge < -0.3 is 43.9 Å². The van der Waals surface area contributed by atoms with Crippen LogP contribution in [0, 0.1) is 41.4 Å². The standard InChI is InChI=1S/C42H67NO12/c1-9-26-17-22(2)16-23(3)18-32(51-6)38-33(52-7)20-25(5)42(50,55-38)39(47)40(48)43-15-11-10-12-28(43)41(49)54-36-24(4)19-27-13-14-29(44)37(53-8)34(27)35(36)31(46)21-30(26)45/h17,23-29,31-38,44,46,50H,9-16,18-21H2,1-8H3/b22-17+/t23-,24?,25+,26+,27-,28-,29+,31-,32-,33-,34?,35-,36+,37-,38+,42+/m0/s1. The molecule has 3 aliphatic heterocycles. The average molecular weight is 778 g/mol. The number of aliphatic hydroxyl groups excluding tert-OH is 2. The molecule has 55 heavy (non-hydrogen) atoms. The largest absolute Gasteiger partial charge is 0.460 e. The molecule has 3 heterocycles. The molecular formula is C42H67NO12. The fourth-order valence-corrected chi connectivity index (χ4v) is 10.8. The lowest BCUT2D eigenvalue weighted by Crippen LogP contribution is -2.64. The summed E-state index contributed by atoms with van der Waals surface area (Å²) in [6.45, 7) is 9.68.